The SMILES string of the molecule is COc1cc(/C=C/C(=N\NC(=O)c2ccccc2)c2sc(Nc3ccc(Cl)c(Cl)c3)nc2C)ccc1O. The number of phenols is 1. The molecule has 188 valence electrons. The molecule has 1 aromatic heterocycles. The van der Waals surface area contributed by atoms with Crippen molar-refractivity contribution in [1.82, 2.24) is 10.4 Å². The van der Waals surface area contributed by atoms with Crippen LogP contribution in [0.25, 0.3) is 6.08 Å². The van der Waals surface area contributed by atoms with Gasteiger partial charge in [-0.15, -0.1) is 0 Å². The molecule has 0 radical (unpaired) electrons. The highest BCUT2D eigenvalue weighted by Crippen LogP contribution is 2.31. The Morgan fingerprint density at radius 1 is 1.08 bits per heavy atom. The fourth-order valence-electron chi connectivity index (χ4n) is 3.29. The normalized spacial score (nSPS) is 11.5. The summed E-state index contributed by atoms with van der Waals surface area (Å²) in [4.78, 5) is 18.0. The largest absolute Gasteiger partial charge is 0.504 e. The zero-order valence-electron chi connectivity index (χ0n) is 19.8. The third-order valence-corrected chi connectivity index (χ3v) is 6.99. The molecule has 0 saturated carbocycles. The molecule has 0 fully saturated rings. The van der Waals surface area contributed by atoms with Gasteiger partial charge in [-0.2, -0.15) is 5.10 Å². The van der Waals surface area contributed by atoms with Crippen molar-refractivity contribution in [1.29, 1.82) is 0 Å². The van der Waals surface area contributed by atoms with Crippen molar-refractivity contribution < 1.29 is 14.6 Å². The Kier molecular flexibility index (Phi) is 8.45. The predicted molar refractivity (Wildman–Crippen MR) is 151 cm³/mol. The number of carbonyl (C=O) groups excluding carboxylic acids is 1. The summed E-state index contributed by atoms with van der Waals surface area (Å²) in [6.45, 7) is 1.86. The molecule has 0 saturated heterocycles. The lowest BCUT2D eigenvalue weighted by molar-refractivity contribution is 0.0955. The van der Waals surface area contributed by atoms with Crippen molar-refractivity contribution in [3.8, 4) is 11.5 Å². The van der Waals surface area contributed by atoms with Gasteiger partial charge in [0.15, 0.2) is 16.6 Å². The molecular formula is C27H22Cl2N4O3S. The van der Waals surface area contributed by atoms with Crippen molar-refractivity contribution in [2.45, 2.75) is 6.92 Å². The number of allylic oxidation sites excluding steroid dienone is 1. The van der Waals surface area contributed by atoms with E-state index in [4.69, 9.17) is 27.9 Å². The highest BCUT2D eigenvalue weighted by Gasteiger charge is 2.14. The lowest BCUT2D eigenvalue weighted by Gasteiger charge is -2.05. The van der Waals surface area contributed by atoms with E-state index in [-0.39, 0.29) is 11.7 Å². The predicted octanol–water partition coefficient (Wildman–Crippen LogP) is 7.06. The van der Waals surface area contributed by atoms with Crippen LogP contribution < -0.4 is 15.5 Å². The number of halogens is 2. The molecule has 4 rings (SSSR count). The number of methoxy groups -OCH3 is 1. The Hall–Kier alpha value is -3.85. The zero-order valence-corrected chi connectivity index (χ0v) is 22.2. The van der Waals surface area contributed by atoms with Gasteiger partial charge in [-0.3, -0.25) is 4.79 Å². The highest BCUT2D eigenvalue weighted by molar-refractivity contribution is 7.17. The van der Waals surface area contributed by atoms with Gasteiger partial charge in [-0.25, -0.2) is 10.4 Å². The van der Waals surface area contributed by atoms with Crippen molar-refractivity contribution in [2.75, 3.05) is 12.4 Å². The third kappa shape index (κ3) is 6.68. The van der Waals surface area contributed by atoms with Crippen molar-refractivity contribution in [3.63, 3.8) is 0 Å². The Balaban J connectivity index is 1.66. The first-order chi connectivity index (χ1) is 17.8. The fourth-order valence-corrected chi connectivity index (χ4v) is 4.54. The van der Waals surface area contributed by atoms with Crippen LogP contribution in [0.5, 0.6) is 11.5 Å². The van der Waals surface area contributed by atoms with E-state index in [0.29, 0.717) is 37.9 Å². The van der Waals surface area contributed by atoms with Crippen LogP contribution in [0.3, 0.4) is 0 Å². The topological polar surface area (TPSA) is 95.8 Å². The quantitative estimate of drug-likeness (QED) is 0.160. The number of hydrogen-bond acceptors (Lipinski definition) is 7. The molecule has 37 heavy (non-hydrogen) atoms. The molecule has 1 amide bonds. The van der Waals surface area contributed by atoms with E-state index in [1.807, 2.05) is 13.0 Å². The van der Waals surface area contributed by atoms with E-state index < -0.39 is 0 Å². The number of anilines is 2. The maximum atomic E-state index is 12.6. The Bertz CT molecular complexity index is 1490. The molecule has 0 aliphatic rings. The molecule has 3 aromatic carbocycles. The van der Waals surface area contributed by atoms with Gasteiger partial charge >= 0.3 is 0 Å². The van der Waals surface area contributed by atoms with Crippen LogP contribution in [-0.2, 0) is 0 Å². The summed E-state index contributed by atoms with van der Waals surface area (Å²) in [5, 5.41) is 19.0. The molecule has 1 heterocycles. The first-order valence-corrected chi connectivity index (χ1v) is 12.6. The molecule has 0 spiro atoms. The molecular weight excluding hydrogens is 531 g/mol. The number of thiazole rings is 1. The maximum absolute atomic E-state index is 12.6. The average Bonchev–Trinajstić information content (AvgIpc) is 3.26. The monoisotopic (exact) mass is 552 g/mol. The number of hydrazone groups is 1. The Morgan fingerprint density at radius 2 is 1.86 bits per heavy atom. The number of rotatable bonds is 8. The Labute approximate surface area is 228 Å². The molecule has 0 bridgehead atoms. The maximum Gasteiger partial charge on any atom is 0.271 e. The number of aromatic nitrogens is 1. The number of nitrogens with one attached hydrogen (secondary N) is 2. The van der Waals surface area contributed by atoms with Gasteiger partial charge in [0.25, 0.3) is 5.91 Å². The molecule has 4 aromatic rings. The van der Waals surface area contributed by atoms with Crippen molar-refractivity contribution >= 4 is 63.1 Å². The lowest BCUT2D eigenvalue weighted by Crippen LogP contribution is -2.19. The molecule has 0 aliphatic carbocycles. The van der Waals surface area contributed by atoms with Crippen LogP contribution in [0, 0.1) is 6.92 Å². The second kappa shape index (κ2) is 11.9. The average molecular weight is 553 g/mol. The van der Waals surface area contributed by atoms with E-state index in [1.54, 1.807) is 72.8 Å². The van der Waals surface area contributed by atoms with Crippen LogP contribution in [0.1, 0.15) is 26.5 Å². The van der Waals surface area contributed by atoms with Gasteiger partial charge in [0.2, 0.25) is 0 Å². The summed E-state index contributed by atoms with van der Waals surface area (Å²) in [5.74, 6) is 0.0502. The van der Waals surface area contributed by atoms with Gasteiger partial charge in [0, 0.05) is 11.3 Å². The van der Waals surface area contributed by atoms with Crippen LogP contribution in [0.2, 0.25) is 10.0 Å². The minimum Gasteiger partial charge on any atom is -0.504 e. The van der Waals surface area contributed by atoms with Crippen molar-refractivity contribution in [2.24, 2.45) is 5.10 Å². The number of carbonyl (C=O) groups is 1. The van der Waals surface area contributed by atoms with E-state index >= 15 is 0 Å². The standard InChI is InChI=1S/C27H22Cl2N4O3S/c1-16-25(37-27(30-16)31-19-10-11-20(28)21(29)15-19)22(32-33-26(35)18-6-4-3-5-7-18)12-8-17-9-13-23(34)24(14-17)36-2/h3-15,34H,1-2H3,(H,30,31)(H,33,35)/b12-8+,32-22+. The third-order valence-electron chi connectivity index (χ3n) is 5.15. The van der Waals surface area contributed by atoms with Crippen LogP contribution in [0.15, 0.2) is 77.9 Å². The van der Waals surface area contributed by atoms with E-state index in [1.165, 1.54) is 18.4 Å². The first-order valence-electron chi connectivity index (χ1n) is 11.0. The van der Waals surface area contributed by atoms with E-state index in [2.05, 4.69) is 20.8 Å². The summed E-state index contributed by atoms with van der Waals surface area (Å²) in [6.07, 6.45) is 3.57. The summed E-state index contributed by atoms with van der Waals surface area (Å²) in [5.41, 5.74) is 5.83. The Morgan fingerprint density at radius 3 is 2.59 bits per heavy atom. The molecule has 0 unspecified atom stereocenters. The number of aromatic hydroxyl groups is 1. The van der Waals surface area contributed by atoms with Crippen LogP contribution in [-0.4, -0.2) is 28.8 Å². The lowest BCUT2D eigenvalue weighted by atomic mass is 10.1. The minimum absolute atomic E-state index is 0.0417. The molecule has 3 N–H and O–H groups in total. The summed E-state index contributed by atoms with van der Waals surface area (Å²) in [7, 11) is 1.48. The molecule has 10 heteroatoms. The molecule has 0 aliphatic heterocycles. The number of benzene rings is 3. The van der Waals surface area contributed by atoms with E-state index in [0.717, 1.165) is 16.1 Å². The zero-order chi connectivity index (χ0) is 26.4. The summed E-state index contributed by atoms with van der Waals surface area (Å²) < 4.78 is 5.19. The van der Waals surface area contributed by atoms with Gasteiger partial charge in [-0.05, 0) is 61.0 Å². The molecule has 0 atom stereocenters. The van der Waals surface area contributed by atoms with E-state index in [9.17, 15) is 9.90 Å². The smallest absolute Gasteiger partial charge is 0.271 e. The van der Waals surface area contributed by atoms with Crippen LogP contribution >= 0.6 is 34.5 Å². The number of ether oxygens (including phenoxy) is 1. The first kappa shape index (κ1) is 26.2. The second-order valence-corrected chi connectivity index (χ2v) is 9.57. The number of nitrogens with zero attached hydrogens (tertiary/aromatic N) is 2. The van der Waals surface area contributed by atoms with Gasteiger partial charge in [-0.1, -0.05) is 64.9 Å². The van der Waals surface area contributed by atoms with Gasteiger partial charge in [0.1, 0.15) is 5.71 Å². The minimum atomic E-state index is -0.339. The number of hydrogen-bond donors (Lipinski definition) is 3. The van der Waals surface area contributed by atoms with Gasteiger partial charge < -0.3 is 15.2 Å². The highest BCUT2D eigenvalue weighted by atomic mass is 35.5. The van der Waals surface area contributed by atoms with Crippen LogP contribution in [0.4, 0.5) is 10.8 Å². The number of phenolic OH excluding ortho intramolecular Hbond substituents is 1. The summed E-state index contributed by atoms with van der Waals surface area (Å²) in [6, 6.07) is 19.0. The summed E-state index contributed by atoms with van der Waals surface area (Å²) >= 11 is 13.5. The molecule has 7 nitrogen and oxygen atoms in total. The second-order valence-electron chi connectivity index (χ2n) is 7.76. The fraction of sp³-hybridized carbons (Fsp3) is 0.0741. The van der Waals surface area contributed by atoms with Crippen molar-refractivity contribution in [3.05, 3.63) is 105 Å². The number of amides is 1. The number of aryl methyl sites for hydroxylation is 1. The van der Waals surface area contributed by atoms with Gasteiger partial charge in [0.05, 0.1) is 27.7 Å².